The van der Waals surface area contributed by atoms with Gasteiger partial charge in [0.1, 0.15) is 18.1 Å². The van der Waals surface area contributed by atoms with Gasteiger partial charge >= 0.3 is 0 Å². The zero-order valence-corrected chi connectivity index (χ0v) is 28.1. The molecule has 2 fully saturated rings. The minimum Gasteiger partial charge on any atom is -0.497 e. The summed E-state index contributed by atoms with van der Waals surface area (Å²) in [6.45, 7) is 8.07. The first-order valence-electron chi connectivity index (χ1n) is 16.2. The maximum atomic E-state index is 14.5. The summed E-state index contributed by atoms with van der Waals surface area (Å²) in [6.07, 6.45) is 2.12. The summed E-state index contributed by atoms with van der Waals surface area (Å²) in [4.78, 5) is 2.47. The van der Waals surface area contributed by atoms with Crippen molar-refractivity contribution in [3.8, 4) is 11.5 Å². The molecule has 1 N–H and O–H groups in total. The number of hydrogen-bond donors (Lipinski definition) is 1. The molecule has 0 saturated carbocycles. The topological polar surface area (TPSA) is 98.9 Å². The molecule has 2 unspecified atom stereocenters. The van der Waals surface area contributed by atoms with Crippen molar-refractivity contribution in [3.05, 3.63) is 83.4 Å². The predicted molar refractivity (Wildman–Crippen MR) is 178 cm³/mol. The van der Waals surface area contributed by atoms with Crippen molar-refractivity contribution in [3.63, 3.8) is 0 Å². The van der Waals surface area contributed by atoms with E-state index in [9.17, 15) is 8.42 Å². The van der Waals surface area contributed by atoms with E-state index in [0.717, 1.165) is 60.7 Å². The molecule has 0 radical (unpaired) electrons. The second-order valence-corrected chi connectivity index (χ2v) is 14.9. The number of nitrogens with zero attached hydrogens (tertiary/aromatic N) is 1. The van der Waals surface area contributed by atoms with Crippen LogP contribution < -0.4 is 19.7 Å². The number of nitrogens with one attached hydrogen (secondary N) is 1. The van der Waals surface area contributed by atoms with Gasteiger partial charge in [0.2, 0.25) is 9.84 Å². The fourth-order valence-corrected chi connectivity index (χ4v) is 8.20. The lowest BCUT2D eigenvalue weighted by Crippen LogP contribution is -2.49. The van der Waals surface area contributed by atoms with E-state index in [4.69, 9.17) is 23.7 Å². The van der Waals surface area contributed by atoms with Crippen LogP contribution in [0, 0.1) is 6.92 Å². The van der Waals surface area contributed by atoms with Crippen LogP contribution in [0.4, 0.5) is 5.69 Å². The molecule has 5 atom stereocenters. The molecule has 0 aliphatic carbocycles. The van der Waals surface area contributed by atoms with E-state index in [1.807, 2.05) is 49.4 Å². The highest BCUT2D eigenvalue weighted by molar-refractivity contribution is 7.91. The minimum atomic E-state index is -3.95. The Bertz CT molecular complexity index is 1570. The van der Waals surface area contributed by atoms with Gasteiger partial charge in [0.05, 0.1) is 42.5 Å². The smallest absolute Gasteiger partial charge is 0.209 e. The molecule has 0 amide bonds. The van der Waals surface area contributed by atoms with E-state index in [2.05, 4.69) is 29.3 Å². The highest BCUT2D eigenvalue weighted by Gasteiger charge is 2.45. The second-order valence-electron chi connectivity index (χ2n) is 12.9. The first-order valence-corrected chi connectivity index (χ1v) is 17.7. The Balaban J connectivity index is 1.36. The number of aryl methyl sites for hydroxylation is 1. The Morgan fingerprint density at radius 1 is 1.07 bits per heavy atom. The summed E-state index contributed by atoms with van der Waals surface area (Å²) in [5.74, 6) is 1.48. The van der Waals surface area contributed by atoms with Crippen molar-refractivity contribution < 1.29 is 32.1 Å². The molecule has 3 aromatic rings. The molecule has 3 aliphatic heterocycles. The summed E-state index contributed by atoms with van der Waals surface area (Å²) in [6, 6.07) is 20.9. The Morgan fingerprint density at radius 2 is 1.83 bits per heavy atom. The third-order valence-corrected chi connectivity index (χ3v) is 11.3. The van der Waals surface area contributed by atoms with Crippen molar-refractivity contribution in [1.82, 2.24) is 5.32 Å². The van der Waals surface area contributed by atoms with Crippen LogP contribution in [-0.2, 0) is 24.0 Å². The van der Waals surface area contributed by atoms with Gasteiger partial charge in [-0.1, -0.05) is 35.9 Å². The summed E-state index contributed by atoms with van der Waals surface area (Å²) in [7, 11) is -0.600. The Labute approximate surface area is 273 Å². The lowest BCUT2D eigenvalue weighted by molar-refractivity contribution is -0.00806. The van der Waals surface area contributed by atoms with Gasteiger partial charge in [-0.15, -0.1) is 0 Å². The third kappa shape index (κ3) is 7.37. The average Bonchev–Trinajstić information content (AvgIpc) is 3.80. The molecule has 3 aliphatic rings. The fraction of sp³-hybridized carbons (Fsp3) is 0.500. The molecule has 46 heavy (non-hydrogen) atoms. The van der Waals surface area contributed by atoms with Crippen molar-refractivity contribution >= 4 is 15.5 Å². The minimum absolute atomic E-state index is 0.0401. The Hall–Kier alpha value is -3.15. The van der Waals surface area contributed by atoms with Crippen molar-refractivity contribution in [1.29, 1.82) is 0 Å². The standard InChI is InChI=1S/C36H46N2O7S/c1-25-6-13-30(14-7-25)46(39,40)35(27-10-15-33-32(20-27)38(17-19-43-33)16-5-18-41-3)45-34-23-37-28(22-36(2)24-44-36)21-31(34)26-8-11-29(42-4)12-9-26/h6-15,20,28,31,34-35,37H,5,16-19,21-24H2,1-4H3/t28-,31-,34+,35?,36?/m1/s1. The number of sulfone groups is 1. The van der Waals surface area contributed by atoms with Gasteiger partial charge in [-0.25, -0.2) is 8.42 Å². The monoisotopic (exact) mass is 650 g/mol. The molecular weight excluding hydrogens is 604 g/mol. The lowest BCUT2D eigenvalue weighted by Gasteiger charge is -2.39. The number of benzene rings is 3. The van der Waals surface area contributed by atoms with Crippen LogP contribution in [0.3, 0.4) is 0 Å². The molecule has 2 saturated heterocycles. The first-order chi connectivity index (χ1) is 22.2. The summed E-state index contributed by atoms with van der Waals surface area (Å²) in [5, 5.41) is 3.66. The number of rotatable bonds is 13. The molecule has 248 valence electrons. The quantitative estimate of drug-likeness (QED) is 0.192. The SMILES string of the molecule is COCCCN1CCOc2ccc(C(O[C@H]3CN[C@@H](CC4(C)CO4)C[C@@H]3c3ccc(OC)cc3)S(=O)(=O)c3ccc(C)cc3)cc21. The number of anilines is 1. The molecule has 0 bridgehead atoms. The molecule has 0 spiro atoms. The van der Waals surface area contributed by atoms with Gasteiger partial charge in [-0.05, 0) is 80.6 Å². The average molecular weight is 651 g/mol. The molecular formula is C36H46N2O7S. The van der Waals surface area contributed by atoms with Crippen LogP contribution in [0.25, 0.3) is 0 Å². The number of ether oxygens (including phenoxy) is 5. The Kier molecular flexibility index (Phi) is 9.91. The maximum absolute atomic E-state index is 14.5. The van der Waals surface area contributed by atoms with Gasteiger partial charge in [-0.2, -0.15) is 0 Å². The second kappa shape index (κ2) is 13.9. The lowest BCUT2D eigenvalue weighted by atomic mass is 9.81. The summed E-state index contributed by atoms with van der Waals surface area (Å²) < 4.78 is 58.3. The van der Waals surface area contributed by atoms with E-state index < -0.39 is 21.4 Å². The van der Waals surface area contributed by atoms with Gasteiger partial charge in [0.15, 0.2) is 5.44 Å². The third-order valence-electron chi connectivity index (χ3n) is 9.38. The highest BCUT2D eigenvalue weighted by atomic mass is 32.2. The number of hydrogen-bond acceptors (Lipinski definition) is 9. The van der Waals surface area contributed by atoms with Crippen LogP contribution in [0.15, 0.2) is 71.6 Å². The molecule has 6 rings (SSSR count). The number of fused-ring (bicyclic) bond motifs is 1. The van der Waals surface area contributed by atoms with Crippen molar-refractivity contribution in [2.75, 3.05) is 58.6 Å². The largest absolute Gasteiger partial charge is 0.497 e. The van der Waals surface area contributed by atoms with Gasteiger partial charge in [-0.3, -0.25) is 0 Å². The number of piperidine rings is 1. The van der Waals surface area contributed by atoms with Gasteiger partial charge in [0.25, 0.3) is 0 Å². The van der Waals surface area contributed by atoms with E-state index in [0.29, 0.717) is 31.9 Å². The van der Waals surface area contributed by atoms with E-state index in [1.54, 1.807) is 26.4 Å². The van der Waals surface area contributed by atoms with E-state index in [1.165, 1.54) is 0 Å². The van der Waals surface area contributed by atoms with Crippen molar-refractivity contribution in [2.24, 2.45) is 0 Å². The van der Waals surface area contributed by atoms with E-state index >= 15 is 0 Å². The molecule has 3 heterocycles. The molecule has 9 nitrogen and oxygen atoms in total. The first kappa shape index (κ1) is 32.8. The number of epoxide rings is 1. The normalized spacial score (nSPS) is 25.0. The summed E-state index contributed by atoms with van der Waals surface area (Å²) >= 11 is 0. The van der Waals surface area contributed by atoms with Crippen LogP contribution in [0.5, 0.6) is 11.5 Å². The predicted octanol–water partition coefficient (Wildman–Crippen LogP) is 5.42. The Morgan fingerprint density at radius 3 is 2.52 bits per heavy atom. The van der Waals surface area contributed by atoms with Gasteiger partial charge in [0, 0.05) is 38.8 Å². The molecule has 10 heteroatoms. The fourth-order valence-electron chi connectivity index (χ4n) is 6.64. The highest BCUT2D eigenvalue weighted by Crippen LogP contribution is 2.43. The zero-order valence-electron chi connectivity index (χ0n) is 27.2. The summed E-state index contributed by atoms with van der Waals surface area (Å²) in [5.41, 5.74) is 2.21. The molecule has 0 aromatic heterocycles. The maximum Gasteiger partial charge on any atom is 0.209 e. The molecule has 3 aromatic carbocycles. The number of methoxy groups -OCH3 is 2. The van der Waals surface area contributed by atoms with E-state index in [-0.39, 0.29) is 22.5 Å². The van der Waals surface area contributed by atoms with Crippen LogP contribution in [0.1, 0.15) is 54.2 Å². The van der Waals surface area contributed by atoms with Crippen LogP contribution in [0.2, 0.25) is 0 Å². The van der Waals surface area contributed by atoms with Crippen LogP contribution in [-0.4, -0.2) is 79.8 Å². The van der Waals surface area contributed by atoms with Crippen LogP contribution >= 0.6 is 0 Å². The zero-order chi connectivity index (χ0) is 32.3. The van der Waals surface area contributed by atoms with Crippen molar-refractivity contribution in [2.45, 2.75) is 67.1 Å². The van der Waals surface area contributed by atoms with Gasteiger partial charge < -0.3 is 33.9 Å².